The van der Waals surface area contributed by atoms with Gasteiger partial charge in [-0.15, -0.1) is 0 Å². The van der Waals surface area contributed by atoms with Crippen LogP contribution in [0.1, 0.15) is 20.8 Å². The minimum atomic E-state index is 1.10. The lowest BCUT2D eigenvalue weighted by Crippen LogP contribution is -2.46. The number of likely N-dealkylation sites (N-methyl/N-ethyl adjacent to an activating group) is 1. The molecule has 0 unspecified atom stereocenters. The fourth-order valence-electron chi connectivity index (χ4n) is 2.01. The number of rotatable bonds is 5. The summed E-state index contributed by atoms with van der Waals surface area (Å²) >= 11 is 0. The summed E-state index contributed by atoms with van der Waals surface area (Å²) in [5.74, 6) is 0. The van der Waals surface area contributed by atoms with E-state index in [9.17, 15) is 0 Å². The van der Waals surface area contributed by atoms with Crippen molar-refractivity contribution in [3.63, 3.8) is 0 Å². The Hall–Kier alpha value is -0.860. The van der Waals surface area contributed by atoms with Crippen molar-refractivity contribution in [2.75, 3.05) is 39.3 Å². The van der Waals surface area contributed by atoms with Crippen LogP contribution < -0.4 is 0 Å². The van der Waals surface area contributed by atoms with Crippen LogP contribution in [0.25, 0.3) is 0 Å². The van der Waals surface area contributed by atoms with Crippen molar-refractivity contribution >= 4 is 0 Å². The van der Waals surface area contributed by atoms with Gasteiger partial charge in [0.25, 0.3) is 0 Å². The van der Waals surface area contributed by atoms with Crippen molar-refractivity contribution in [2.24, 2.45) is 0 Å². The summed E-state index contributed by atoms with van der Waals surface area (Å²) in [5, 5.41) is 0. The highest BCUT2D eigenvalue weighted by Gasteiger charge is 2.14. The van der Waals surface area contributed by atoms with Crippen molar-refractivity contribution in [1.29, 1.82) is 0 Å². The third kappa shape index (κ3) is 5.33. The van der Waals surface area contributed by atoms with Crippen LogP contribution in [0.3, 0.4) is 0 Å². The van der Waals surface area contributed by atoms with Crippen LogP contribution >= 0.6 is 0 Å². The lowest BCUT2D eigenvalue weighted by Gasteiger charge is -2.34. The zero-order valence-electron chi connectivity index (χ0n) is 11.6. The first-order valence-electron chi connectivity index (χ1n) is 6.57. The highest BCUT2D eigenvalue weighted by atomic mass is 15.3. The van der Waals surface area contributed by atoms with Crippen LogP contribution in [-0.2, 0) is 0 Å². The second-order valence-electron chi connectivity index (χ2n) is 4.84. The van der Waals surface area contributed by atoms with Crippen LogP contribution in [0.4, 0.5) is 0 Å². The average molecular weight is 234 g/mol. The molecule has 1 aliphatic rings. The maximum absolute atomic E-state index is 3.76. The van der Waals surface area contributed by atoms with Gasteiger partial charge in [0, 0.05) is 32.7 Å². The van der Waals surface area contributed by atoms with Gasteiger partial charge in [-0.05, 0) is 20.4 Å². The van der Waals surface area contributed by atoms with E-state index in [0.29, 0.717) is 0 Å². The Morgan fingerprint density at radius 2 is 1.65 bits per heavy atom. The molecule has 0 spiro atoms. The lowest BCUT2D eigenvalue weighted by atomic mass is 10.2. The minimum absolute atomic E-state index is 1.10. The molecule has 1 fully saturated rings. The Morgan fingerprint density at radius 3 is 2.18 bits per heavy atom. The van der Waals surface area contributed by atoms with Gasteiger partial charge in [-0.3, -0.25) is 4.90 Å². The molecule has 1 aliphatic heterocycles. The molecular weight excluding hydrogens is 208 g/mol. The molecule has 0 aliphatic carbocycles. The van der Waals surface area contributed by atoms with Crippen molar-refractivity contribution in [2.45, 2.75) is 20.8 Å². The highest BCUT2D eigenvalue weighted by Crippen LogP contribution is 2.05. The van der Waals surface area contributed by atoms with E-state index in [-0.39, 0.29) is 0 Å². The quantitative estimate of drug-likeness (QED) is 0.675. The molecule has 96 valence electrons. The normalized spacial score (nSPS) is 20.6. The van der Waals surface area contributed by atoms with E-state index in [4.69, 9.17) is 0 Å². The van der Waals surface area contributed by atoms with Gasteiger partial charge in [0.15, 0.2) is 0 Å². The molecule has 2 heteroatoms. The Balaban J connectivity index is 2.37. The first kappa shape index (κ1) is 14.2. The zero-order valence-corrected chi connectivity index (χ0v) is 11.6. The molecule has 0 N–H and O–H groups in total. The van der Waals surface area contributed by atoms with Crippen molar-refractivity contribution < 1.29 is 0 Å². The number of allylic oxidation sites excluding steroid dienone is 4. The van der Waals surface area contributed by atoms with Crippen LogP contribution in [0.2, 0.25) is 0 Å². The highest BCUT2D eigenvalue weighted by molar-refractivity contribution is 5.22. The third-order valence-corrected chi connectivity index (χ3v) is 3.34. The molecule has 17 heavy (non-hydrogen) atoms. The number of piperazine rings is 1. The van der Waals surface area contributed by atoms with Gasteiger partial charge in [-0.1, -0.05) is 42.9 Å². The minimum Gasteiger partial charge on any atom is -0.301 e. The first-order chi connectivity index (χ1) is 8.15. The third-order valence-electron chi connectivity index (χ3n) is 3.34. The average Bonchev–Trinajstić information content (AvgIpc) is 2.36. The summed E-state index contributed by atoms with van der Waals surface area (Å²) < 4.78 is 0. The molecule has 0 aromatic heterocycles. The van der Waals surface area contributed by atoms with Crippen molar-refractivity contribution in [3.05, 3.63) is 36.0 Å². The van der Waals surface area contributed by atoms with Crippen LogP contribution in [0, 0.1) is 0 Å². The van der Waals surface area contributed by atoms with E-state index in [1.54, 1.807) is 0 Å². The topological polar surface area (TPSA) is 6.48 Å². The van der Waals surface area contributed by atoms with E-state index in [1.165, 1.54) is 43.9 Å². The van der Waals surface area contributed by atoms with Gasteiger partial charge in [-0.2, -0.15) is 0 Å². The Bertz CT molecular complexity index is 294. The van der Waals surface area contributed by atoms with E-state index < -0.39 is 0 Å². The molecule has 0 atom stereocenters. The van der Waals surface area contributed by atoms with Crippen LogP contribution in [-0.4, -0.2) is 49.1 Å². The van der Waals surface area contributed by atoms with E-state index >= 15 is 0 Å². The molecule has 2 nitrogen and oxygen atoms in total. The summed E-state index contributed by atoms with van der Waals surface area (Å²) in [6.07, 6.45) is 6.25. The summed E-state index contributed by atoms with van der Waals surface area (Å²) in [7, 11) is 0. The standard InChI is InChI=1S/C15H26N2/c1-5-14(3)7-8-15(4)13-17-11-9-16(6-2)10-12-17/h5,7-8H,1,6,9-13H2,2-4H3/b14-7-,15-8+. The molecule has 0 saturated carbocycles. The predicted octanol–water partition coefficient (Wildman–Crippen LogP) is 2.70. The SMILES string of the molecule is C=C/C(C)=C\C=C(/C)CN1CCN(CC)CC1. The van der Waals surface area contributed by atoms with Gasteiger partial charge < -0.3 is 4.90 Å². The van der Waals surface area contributed by atoms with E-state index in [2.05, 4.69) is 49.3 Å². The number of hydrogen-bond acceptors (Lipinski definition) is 2. The number of nitrogens with zero attached hydrogens (tertiary/aromatic N) is 2. The predicted molar refractivity (Wildman–Crippen MR) is 76.3 cm³/mol. The van der Waals surface area contributed by atoms with Gasteiger partial charge in [0.1, 0.15) is 0 Å². The molecule has 1 heterocycles. The molecular formula is C15H26N2. The Labute approximate surface area is 106 Å². The number of hydrogen-bond donors (Lipinski definition) is 0. The Kier molecular flexibility index (Phi) is 6.23. The van der Waals surface area contributed by atoms with E-state index in [1.807, 2.05) is 6.08 Å². The van der Waals surface area contributed by atoms with Gasteiger partial charge in [-0.25, -0.2) is 0 Å². The lowest BCUT2D eigenvalue weighted by molar-refractivity contribution is 0.146. The summed E-state index contributed by atoms with van der Waals surface area (Å²) in [6, 6.07) is 0. The largest absolute Gasteiger partial charge is 0.301 e. The molecule has 1 rings (SSSR count). The fraction of sp³-hybridized carbons (Fsp3) is 0.600. The van der Waals surface area contributed by atoms with Gasteiger partial charge in [0.2, 0.25) is 0 Å². The molecule has 0 aromatic rings. The molecule has 0 radical (unpaired) electrons. The van der Waals surface area contributed by atoms with Crippen molar-refractivity contribution in [3.8, 4) is 0 Å². The maximum atomic E-state index is 3.76. The molecule has 0 bridgehead atoms. The van der Waals surface area contributed by atoms with Gasteiger partial charge >= 0.3 is 0 Å². The van der Waals surface area contributed by atoms with Gasteiger partial charge in [0.05, 0.1) is 0 Å². The second-order valence-corrected chi connectivity index (χ2v) is 4.84. The molecule has 0 amide bonds. The van der Waals surface area contributed by atoms with Crippen LogP contribution in [0.15, 0.2) is 36.0 Å². The summed E-state index contributed by atoms with van der Waals surface area (Å²) in [4.78, 5) is 5.05. The smallest absolute Gasteiger partial charge is 0.0194 e. The second kappa shape index (κ2) is 7.46. The first-order valence-corrected chi connectivity index (χ1v) is 6.57. The molecule has 1 saturated heterocycles. The zero-order chi connectivity index (χ0) is 12.7. The summed E-state index contributed by atoms with van der Waals surface area (Å²) in [6.45, 7) is 17.4. The monoisotopic (exact) mass is 234 g/mol. The Morgan fingerprint density at radius 1 is 1.06 bits per heavy atom. The van der Waals surface area contributed by atoms with Crippen molar-refractivity contribution in [1.82, 2.24) is 9.80 Å². The maximum Gasteiger partial charge on any atom is 0.0194 e. The van der Waals surface area contributed by atoms with Crippen LogP contribution in [0.5, 0.6) is 0 Å². The molecule has 0 aromatic carbocycles. The van der Waals surface area contributed by atoms with E-state index in [0.717, 1.165) is 6.54 Å². The summed E-state index contributed by atoms with van der Waals surface area (Å²) in [5.41, 5.74) is 2.65. The fourth-order valence-corrected chi connectivity index (χ4v) is 2.01.